The fourth-order valence-corrected chi connectivity index (χ4v) is 3.44. The van der Waals surface area contributed by atoms with Crippen molar-refractivity contribution >= 4 is 5.91 Å². The summed E-state index contributed by atoms with van der Waals surface area (Å²) in [5.74, 6) is 1.09. The Morgan fingerprint density at radius 2 is 1.96 bits per heavy atom. The summed E-state index contributed by atoms with van der Waals surface area (Å²) in [6.45, 7) is 5.40. The molecule has 1 heterocycles. The van der Waals surface area contributed by atoms with Gasteiger partial charge in [0.1, 0.15) is 11.5 Å². The predicted molar refractivity (Wildman–Crippen MR) is 94.1 cm³/mol. The summed E-state index contributed by atoms with van der Waals surface area (Å²) >= 11 is 0. The molecule has 1 aromatic carbocycles. The van der Waals surface area contributed by atoms with Crippen molar-refractivity contribution in [3.63, 3.8) is 0 Å². The van der Waals surface area contributed by atoms with Crippen LogP contribution < -0.4 is 0 Å². The molecule has 0 N–H and O–H groups in total. The third-order valence-corrected chi connectivity index (χ3v) is 4.64. The van der Waals surface area contributed by atoms with E-state index in [-0.39, 0.29) is 17.6 Å². The average molecular weight is 344 g/mol. The third-order valence-electron chi connectivity index (χ3n) is 4.64. The van der Waals surface area contributed by atoms with Crippen molar-refractivity contribution in [2.24, 2.45) is 11.8 Å². The van der Waals surface area contributed by atoms with Gasteiger partial charge in [0.05, 0.1) is 6.54 Å². The maximum atomic E-state index is 13.0. The summed E-state index contributed by atoms with van der Waals surface area (Å²) in [7, 11) is 0. The molecule has 1 aliphatic carbocycles. The van der Waals surface area contributed by atoms with E-state index in [0.29, 0.717) is 24.8 Å². The van der Waals surface area contributed by atoms with E-state index < -0.39 is 0 Å². The molecule has 0 unspecified atom stereocenters. The van der Waals surface area contributed by atoms with Crippen LogP contribution >= 0.6 is 0 Å². The zero-order chi connectivity index (χ0) is 17.8. The van der Waals surface area contributed by atoms with Crippen molar-refractivity contribution in [2.75, 3.05) is 6.54 Å². The number of benzene rings is 1. The number of hydrogen-bond acceptors (Lipinski definition) is 3. The van der Waals surface area contributed by atoms with Crippen LogP contribution in [-0.2, 0) is 11.3 Å². The van der Waals surface area contributed by atoms with Crippen LogP contribution in [0.4, 0.5) is 4.39 Å². The zero-order valence-electron chi connectivity index (χ0n) is 14.9. The number of halogens is 1. The molecule has 1 aromatic heterocycles. The molecule has 0 spiro atoms. The second-order valence-corrected chi connectivity index (χ2v) is 7.28. The molecule has 0 aliphatic heterocycles. The van der Waals surface area contributed by atoms with Crippen molar-refractivity contribution in [1.82, 2.24) is 10.1 Å². The summed E-state index contributed by atoms with van der Waals surface area (Å²) in [5.41, 5.74) is 1.50. The zero-order valence-corrected chi connectivity index (χ0v) is 14.9. The molecule has 5 heteroatoms. The third kappa shape index (κ3) is 4.47. The van der Waals surface area contributed by atoms with Crippen LogP contribution in [0.15, 0.2) is 34.9 Å². The Hall–Kier alpha value is -2.17. The van der Waals surface area contributed by atoms with Gasteiger partial charge in [0.25, 0.3) is 0 Å². The SMILES string of the molecule is CC(C)CN(Cc1cc(-c2ccc(F)cc2)on1)C(=O)C1CCCC1. The van der Waals surface area contributed by atoms with Gasteiger partial charge < -0.3 is 9.42 Å². The van der Waals surface area contributed by atoms with E-state index in [1.165, 1.54) is 12.1 Å². The van der Waals surface area contributed by atoms with Crippen molar-refractivity contribution in [3.8, 4) is 11.3 Å². The lowest BCUT2D eigenvalue weighted by molar-refractivity contribution is -0.136. The Labute approximate surface area is 148 Å². The fourth-order valence-electron chi connectivity index (χ4n) is 3.44. The highest BCUT2D eigenvalue weighted by atomic mass is 19.1. The first-order valence-electron chi connectivity index (χ1n) is 9.03. The van der Waals surface area contributed by atoms with E-state index in [1.807, 2.05) is 11.0 Å². The van der Waals surface area contributed by atoms with E-state index in [1.54, 1.807) is 12.1 Å². The van der Waals surface area contributed by atoms with E-state index >= 15 is 0 Å². The summed E-state index contributed by atoms with van der Waals surface area (Å²) < 4.78 is 18.4. The van der Waals surface area contributed by atoms with Crippen LogP contribution in [0.5, 0.6) is 0 Å². The van der Waals surface area contributed by atoms with E-state index in [2.05, 4.69) is 19.0 Å². The van der Waals surface area contributed by atoms with Crippen molar-refractivity contribution in [2.45, 2.75) is 46.1 Å². The second kappa shape index (κ2) is 7.81. The quantitative estimate of drug-likeness (QED) is 0.766. The number of amides is 1. The molecular weight excluding hydrogens is 319 g/mol. The van der Waals surface area contributed by atoms with Crippen LogP contribution in [0.1, 0.15) is 45.2 Å². The Kier molecular flexibility index (Phi) is 5.51. The Morgan fingerprint density at radius 1 is 1.28 bits per heavy atom. The summed E-state index contributed by atoms with van der Waals surface area (Å²) in [6.07, 6.45) is 4.27. The van der Waals surface area contributed by atoms with E-state index in [0.717, 1.165) is 36.9 Å². The minimum Gasteiger partial charge on any atom is -0.356 e. The first kappa shape index (κ1) is 17.6. The molecule has 2 aromatic rings. The molecule has 25 heavy (non-hydrogen) atoms. The molecule has 1 amide bonds. The topological polar surface area (TPSA) is 46.3 Å². The molecular formula is C20H25FN2O2. The van der Waals surface area contributed by atoms with Gasteiger partial charge in [-0.3, -0.25) is 4.79 Å². The fraction of sp³-hybridized carbons (Fsp3) is 0.500. The Morgan fingerprint density at radius 3 is 2.60 bits per heavy atom. The smallest absolute Gasteiger partial charge is 0.226 e. The summed E-state index contributed by atoms with van der Waals surface area (Å²) in [5, 5.41) is 4.11. The Bertz CT molecular complexity index is 703. The molecule has 134 valence electrons. The van der Waals surface area contributed by atoms with Gasteiger partial charge in [0.2, 0.25) is 5.91 Å². The molecule has 1 fully saturated rings. The number of hydrogen-bond donors (Lipinski definition) is 0. The molecule has 0 bridgehead atoms. The van der Waals surface area contributed by atoms with Gasteiger partial charge in [-0.05, 0) is 43.0 Å². The van der Waals surface area contributed by atoms with Gasteiger partial charge in [-0.25, -0.2) is 4.39 Å². The van der Waals surface area contributed by atoms with Crippen LogP contribution in [0, 0.1) is 17.7 Å². The molecule has 1 saturated carbocycles. The van der Waals surface area contributed by atoms with Crippen LogP contribution in [-0.4, -0.2) is 22.5 Å². The van der Waals surface area contributed by atoms with Crippen LogP contribution in [0.2, 0.25) is 0 Å². The highest BCUT2D eigenvalue weighted by molar-refractivity contribution is 5.79. The van der Waals surface area contributed by atoms with Crippen LogP contribution in [0.25, 0.3) is 11.3 Å². The van der Waals surface area contributed by atoms with Gasteiger partial charge in [-0.15, -0.1) is 0 Å². The van der Waals surface area contributed by atoms with Gasteiger partial charge in [0, 0.05) is 24.1 Å². The maximum absolute atomic E-state index is 13.0. The lowest BCUT2D eigenvalue weighted by Gasteiger charge is -2.26. The molecule has 1 aliphatic rings. The van der Waals surface area contributed by atoms with Gasteiger partial charge >= 0.3 is 0 Å². The minimum atomic E-state index is -0.284. The van der Waals surface area contributed by atoms with Crippen molar-refractivity contribution in [3.05, 3.63) is 41.8 Å². The number of carbonyl (C=O) groups is 1. The molecule has 0 radical (unpaired) electrons. The molecule has 4 nitrogen and oxygen atoms in total. The standard InChI is InChI=1S/C20H25FN2O2/c1-14(2)12-23(20(24)16-5-3-4-6-16)13-18-11-19(25-22-18)15-7-9-17(21)10-8-15/h7-11,14,16H,3-6,12-13H2,1-2H3. The predicted octanol–water partition coefficient (Wildman–Crippen LogP) is 4.66. The number of nitrogens with zero attached hydrogens (tertiary/aromatic N) is 2. The number of carbonyl (C=O) groups excluding carboxylic acids is 1. The maximum Gasteiger partial charge on any atom is 0.226 e. The normalized spacial score (nSPS) is 15.0. The molecule has 0 saturated heterocycles. The summed E-state index contributed by atoms with van der Waals surface area (Å²) in [4.78, 5) is 14.7. The van der Waals surface area contributed by atoms with Crippen molar-refractivity contribution in [1.29, 1.82) is 0 Å². The first-order chi connectivity index (χ1) is 12.0. The highest BCUT2D eigenvalue weighted by Gasteiger charge is 2.28. The van der Waals surface area contributed by atoms with E-state index in [4.69, 9.17) is 4.52 Å². The monoisotopic (exact) mass is 344 g/mol. The second-order valence-electron chi connectivity index (χ2n) is 7.28. The van der Waals surface area contributed by atoms with Crippen LogP contribution in [0.3, 0.4) is 0 Å². The van der Waals surface area contributed by atoms with Crippen molar-refractivity contribution < 1.29 is 13.7 Å². The average Bonchev–Trinajstić information content (AvgIpc) is 3.25. The van der Waals surface area contributed by atoms with Gasteiger partial charge in [-0.1, -0.05) is 31.8 Å². The number of aromatic nitrogens is 1. The lowest BCUT2D eigenvalue weighted by atomic mass is 10.1. The largest absolute Gasteiger partial charge is 0.356 e. The first-order valence-corrected chi connectivity index (χ1v) is 9.03. The Balaban J connectivity index is 1.73. The molecule has 3 rings (SSSR count). The molecule has 0 atom stereocenters. The van der Waals surface area contributed by atoms with Gasteiger partial charge in [0.15, 0.2) is 5.76 Å². The van der Waals surface area contributed by atoms with E-state index in [9.17, 15) is 9.18 Å². The summed E-state index contributed by atoms with van der Waals surface area (Å²) in [6, 6.07) is 7.95. The minimum absolute atomic E-state index is 0.155. The highest BCUT2D eigenvalue weighted by Crippen LogP contribution is 2.28. The lowest BCUT2D eigenvalue weighted by Crippen LogP contribution is -2.37. The van der Waals surface area contributed by atoms with Gasteiger partial charge in [-0.2, -0.15) is 0 Å². The number of rotatable bonds is 6.